The van der Waals surface area contributed by atoms with Crippen molar-refractivity contribution >= 4 is 17.3 Å². The Hall–Kier alpha value is -2.04. The highest BCUT2D eigenvalue weighted by atomic mass is 16.2. The molecule has 0 spiro atoms. The zero-order chi connectivity index (χ0) is 10.7. The molecule has 1 amide bonds. The monoisotopic (exact) mass is 202 g/mol. The minimum atomic E-state index is -0.579. The SMILES string of the molecule is CC1=NNC(=O)[C@@H]1N=Nc1ccccc1. The van der Waals surface area contributed by atoms with Crippen LogP contribution >= 0.6 is 0 Å². The molecule has 1 N–H and O–H groups in total. The van der Waals surface area contributed by atoms with E-state index in [4.69, 9.17) is 0 Å². The van der Waals surface area contributed by atoms with Crippen molar-refractivity contribution in [1.82, 2.24) is 5.43 Å². The third-order valence-electron chi connectivity index (χ3n) is 2.03. The van der Waals surface area contributed by atoms with Gasteiger partial charge in [-0.15, -0.1) is 0 Å². The minimum Gasteiger partial charge on any atom is -0.270 e. The van der Waals surface area contributed by atoms with Gasteiger partial charge in [0.1, 0.15) is 0 Å². The van der Waals surface area contributed by atoms with Crippen molar-refractivity contribution in [3.05, 3.63) is 30.3 Å². The van der Waals surface area contributed by atoms with E-state index >= 15 is 0 Å². The summed E-state index contributed by atoms with van der Waals surface area (Å²) in [4.78, 5) is 11.2. The van der Waals surface area contributed by atoms with Crippen LogP contribution in [-0.2, 0) is 4.79 Å². The Labute approximate surface area is 86.9 Å². The highest BCUT2D eigenvalue weighted by Crippen LogP contribution is 2.12. The largest absolute Gasteiger partial charge is 0.272 e. The number of hydrogen-bond donors (Lipinski definition) is 1. The number of hydrazone groups is 1. The first kappa shape index (κ1) is 9.51. The molecule has 1 heterocycles. The second kappa shape index (κ2) is 4.00. The number of nitrogens with one attached hydrogen (secondary N) is 1. The number of amides is 1. The molecule has 5 nitrogen and oxygen atoms in total. The number of carbonyl (C=O) groups excluding carboxylic acids is 1. The van der Waals surface area contributed by atoms with Crippen molar-refractivity contribution in [3.8, 4) is 0 Å². The first-order valence-corrected chi connectivity index (χ1v) is 4.57. The second-order valence-corrected chi connectivity index (χ2v) is 3.18. The van der Waals surface area contributed by atoms with Gasteiger partial charge in [-0.05, 0) is 19.1 Å². The quantitative estimate of drug-likeness (QED) is 0.728. The van der Waals surface area contributed by atoms with E-state index in [2.05, 4.69) is 20.8 Å². The summed E-state index contributed by atoms with van der Waals surface area (Å²) in [6, 6.07) is 8.69. The summed E-state index contributed by atoms with van der Waals surface area (Å²) in [6.07, 6.45) is 0. The zero-order valence-electron chi connectivity index (χ0n) is 8.21. The maximum atomic E-state index is 11.2. The molecule has 15 heavy (non-hydrogen) atoms. The van der Waals surface area contributed by atoms with Crippen LogP contribution in [0, 0.1) is 0 Å². The number of carbonyl (C=O) groups is 1. The lowest BCUT2D eigenvalue weighted by molar-refractivity contribution is -0.120. The Morgan fingerprint density at radius 1 is 1.33 bits per heavy atom. The summed E-state index contributed by atoms with van der Waals surface area (Å²) in [5.41, 5.74) is 3.72. The molecule has 0 saturated heterocycles. The van der Waals surface area contributed by atoms with E-state index < -0.39 is 6.04 Å². The average molecular weight is 202 g/mol. The van der Waals surface area contributed by atoms with Crippen molar-refractivity contribution in [2.45, 2.75) is 13.0 Å². The maximum absolute atomic E-state index is 11.2. The van der Waals surface area contributed by atoms with Crippen LogP contribution in [0.25, 0.3) is 0 Å². The van der Waals surface area contributed by atoms with Gasteiger partial charge in [-0.2, -0.15) is 15.3 Å². The molecule has 1 aromatic rings. The topological polar surface area (TPSA) is 66.2 Å². The molecular formula is C10H10N4O. The van der Waals surface area contributed by atoms with Crippen LogP contribution in [0.5, 0.6) is 0 Å². The number of azo groups is 1. The Morgan fingerprint density at radius 2 is 2.07 bits per heavy atom. The lowest BCUT2D eigenvalue weighted by Gasteiger charge is -1.98. The van der Waals surface area contributed by atoms with Crippen molar-refractivity contribution in [1.29, 1.82) is 0 Å². The van der Waals surface area contributed by atoms with Crippen LogP contribution in [-0.4, -0.2) is 17.7 Å². The molecule has 0 radical (unpaired) electrons. The standard InChI is InChI=1S/C10H10N4O/c1-7-9(10(15)14-11-7)13-12-8-5-3-2-4-6-8/h2-6,9H,1H3,(H,14,15)/t9-/m1/s1. The van der Waals surface area contributed by atoms with Gasteiger partial charge in [0, 0.05) is 0 Å². The van der Waals surface area contributed by atoms with Crippen LogP contribution in [0.2, 0.25) is 0 Å². The lowest BCUT2D eigenvalue weighted by atomic mass is 10.2. The molecular weight excluding hydrogens is 192 g/mol. The molecule has 1 atom stereocenters. The van der Waals surface area contributed by atoms with Gasteiger partial charge in [0.25, 0.3) is 5.91 Å². The molecule has 0 saturated carbocycles. The molecule has 0 unspecified atom stereocenters. The number of rotatable bonds is 2. The van der Waals surface area contributed by atoms with E-state index in [1.54, 1.807) is 6.92 Å². The normalized spacial score (nSPS) is 20.5. The van der Waals surface area contributed by atoms with Crippen LogP contribution in [0.1, 0.15) is 6.92 Å². The summed E-state index contributed by atoms with van der Waals surface area (Å²) >= 11 is 0. The number of hydrogen-bond acceptors (Lipinski definition) is 4. The van der Waals surface area contributed by atoms with Crippen LogP contribution in [0.3, 0.4) is 0 Å². The van der Waals surface area contributed by atoms with Gasteiger partial charge < -0.3 is 0 Å². The first-order valence-electron chi connectivity index (χ1n) is 4.57. The fourth-order valence-electron chi connectivity index (χ4n) is 1.21. The van der Waals surface area contributed by atoms with E-state index in [1.807, 2.05) is 30.3 Å². The molecule has 1 aromatic carbocycles. The molecule has 76 valence electrons. The van der Waals surface area contributed by atoms with Crippen LogP contribution in [0.15, 0.2) is 45.7 Å². The Balaban J connectivity index is 2.12. The number of benzene rings is 1. The summed E-state index contributed by atoms with van der Waals surface area (Å²) in [7, 11) is 0. The Bertz CT molecular complexity index is 424. The maximum Gasteiger partial charge on any atom is 0.272 e. The summed E-state index contributed by atoms with van der Waals surface area (Å²) in [5, 5.41) is 11.7. The van der Waals surface area contributed by atoms with E-state index in [0.29, 0.717) is 5.71 Å². The molecule has 2 rings (SSSR count). The van der Waals surface area contributed by atoms with Crippen LogP contribution < -0.4 is 5.43 Å². The van der Waals surface area contributed by atoms with Crippen LogP contribution in [0.4, 0.5) is 5.69 Å². The van der Waals surface area contributed by atoms with Gasteiger partial charge in [0.05, 0.1) is 11.4 Å². The van der Waals surface area contributed by atoms with Crippen molar-refractivity contribution in [2.24, 2.45) is 15.3 Å². The molecule has 0 fully saturated rings. The second-order valence-electron chi connectivity index (χ2n) is 3.18. The van der Waals surface area contributed by atoms with Gasteiger partial charge >= 0.3 is 0 Å². The van der Waals surface area contributed by atoms with Crippen molar-refractivity contribution in [3.63, 3.8) is 0 Å². The smallest absolute Gasteiger partial charge is 0.270 e. The minimum absolute atomic E-state index is 0.229. The summed E-state index contributed by atoms with van der Waals surface area (Å²) in [6.45, 7) is 1.74. The highest BCUT2D eigenvalue weighted by molar-refractivity contribution is 6.10. The zero-order valence-corrected chi connectivity index (χ0v) is 8.21. The average Bonchev–Trinajstić information content (AvgIpc) is 2.58. The predicted molar refractivity (Wildman–Crippen MR) is 56.0 cm³/mol. The fraction of sp³-hybridized carbons (Fsp3) is 0.200. The van der Waals surface area contributed by atoms with Crippen molar-refractivity contribution < 1.29 is 4.79 Å². The van der Waals surface area contributed by atoms with E-state index in [-0.39, 0.29) is 5.91 Å². The Kier molecular flexibility index (Phi) is 2.53. The first-order chi connectivity index (χ1) is 7.27. The third kappa shape index (κ3) is 2.07. The van der Waals surface area contributed by atoms with Gasteiger partial charge in [-0.3, -0.25) is 4.79 Å². The third-order valence-corrected chi connectivity index (χ3v) is 2.03. The van der Waals surface area contributed by atoms with E-state index in [1.165, 1.54) is 0 Å². The lowest BCUT2D eigenvalue weighted by Crippen LogP contribution is -2.25. The highest BCUT2D eigenvalue weighted by Gasteiger charge is 2.26. The van der Waals surface area contributed by atoms with Gasteiger partial charge in [-0.1, -0.05) is 18.2 Å². The van der Waals surface area contributed by atoms with Gasteiger partial charge in [0.15, 0.2) is 6.04 Å². The Morgan fingerprint density at radius 3 is 2.67 bits per heavy atom. The molecule has 5 heteroatoms. The summed E-state index contributed by atoms with van der Waals surface area (Å²) < 4.78 is 0. The van der Waals surface area contributed by atoms with E-state index in [9.17, 15) is 4.79 Å². The number of nitrogens with zero attached hydrogens (tertiary/aromatic N) is 3. The van der Waals surface area contributed by atoms with Gasteiger partial charge in [0.2, 0.25) is 0 Å². The fourth-order valence-corrected chi connectivity index (χ4v) is 1.21. The molecule has 1 aliphatic heterocycles. The molecule has 0 bridgehead atoms. The van der Waals surface area contributed by atoms with E-state index in [0.717, 1.165) is 5.69 Å². The molecule has 1 aliphatic rings. The van der Waals surface area contributed by atoms with Gasteiger partial charge in [-0.25, -0.2) is 5.43 Å². The van der Waals surface area contributed by atoms with Crippen molar-refractivity contribution in [2.75, 3.05) is 0 Å². The molecule has 0 aliphatic carbocycles. The summed E-state index contributed by atoms with van der Waals surface area (Å²) in [5.74, 6) is -0.229. The predicted octanol–water partition coefficient (Wildman–Crippen LogP) is 1.64. The molecule has 0 aromatic heterocycles.